The molecule has 0 atom stereocenters. The standard InChI is InChI=1S/C10H15N3O/c1-14-10-9(3-2-4-12-10)13-7-5-11-6-8-13/h2-4,11H,5-8H2,1H3. The highest BCUT2D eigenvalue weighted by Crippen LogP contribution is 2.24. The van der Waals surface area contributed by atoms with Crippen LogP contribution in [0.4, 0.5) is 5.69 Å². The fraction of sp³-hybridized carbons (Fsp3) is 0.500. The number of hydrogen-bond donors (Lipinski definition) is 1. The Labute approximate surface area is 83.9 Å². The lowest BCUT2D eigenvalue weighted by molar-refractivity contribution is 0.396. The summed E-state index contributed by atoms with van der Waals surface area (Å²) in [6.07, 6.45) is 1.75. The maximum absolute atomic E-state index is 5.23. The van der Waals surface area contributed by atoms with Gasteiger partial charge in [-0.2, -0.15) is 0 Å². The van der Waals surface area contributed by atoms with Crippen LogP contribution in [-0.2, 0) is 0 Å². The SMILES string of the molecule is COc1ncccc1N1CCNCC1. The first-order valence-corrected chi connectivity index (χ1v) is 4.86. The third-order valence-corrected chi connectivity index (χ3v) is 2.40. The predicted molar refractivity (Wildman–Crippen MR) is 55.9 cm³/mol. The first-order chi connectivity index (χ1) is 6.92. The van der Waals surface area contributed by atoms with Gasteiger partial charge in [-0.3, -0.25) is 0 Å². The van der Waals surface area contributed by atoms with E-state index in [1.807, 2.05) is 6.07 Å². The van der Waals surface area contributed by atoms with E-state index >= 15 is 0 Å². The van der Waals surface area contributed by atoms with Crippen molar-refractivity contribution in [3.63, 3.8) is 0 Å². The number of nitrogens with one attached hydrogen (secondary N) is 1. The van der Waals surface area contributed by atoms with Crippen LogP contribution >= 0.6 is 0 Å². The molecule has 1 fully saturated rings. The molecule has 0 amide bonds. The summed E-state index contributed by atoms with van der Waals surface area (Å²) < 4.78 is 5.23. The highest BCUT2D eigenvalue weighted by Gasteiger charge is 2.14. The van der Waals surface area contributed by atoms with E-state index in [2.05, 4.69) is 21.3 Å². The average Bonchev–Trinajstić information content (AvgIpc) is 2.30. The highest BCUT2D eigenvalue weighted by molar-refractivity contribution is 5.54. The van der Waals surface area contributed by atoms with Gasteiger partial charge in [0, 0.05) is 32.4 Å². The zero-order valence-corrected chi connectivity index (χ0v) is 8.36. The summed E-state index contributed by atoms with van der Waals surface area (Å²) in [6.45, 7) is 4.08. The topological polar surface area (TPSA) is 37.4 Å². The Morgan fingerprint density at radius 2 is 2.21 bits per heavy atom. The van der Waals surface area contributed by atoms with Crippen LogP contribution in [0.15, 0.2) is 18.3 Å². The van der Waals surface area contributed by atoms with Gasteiger partial charge in [0.2, 0.25) is 5.88 Å². The highest BCUT2D eigenvalue weighted by atomic mass is 16.5. The maximum atomic E-state index is 5.23. The molecule has 76 valence electrons. The van der Waals surface area contributed by atoms with Gasteiger partial charge in [-0.1, -0.05) is 0 Å². The van der Waals surface area contributed by atoms with Gasteiger partial charge in [0.15, 0.2) is 0 Å². The second-order valence-electron chi connectivity index (χ2n) is 3.27. The minimum absolute atomic E-state index is 0.717. The maximum Gasteiger partial charge on any atom is 0.237 e. The third kappa shape index (κ3) is 1.80. The Morgan fingerprint density at radius 3 is 2.93 bits per heavy atom. The molecule has 1 aliphatic heterocycles. The summed E-state index contributed by atoms with van der Waals surface area (Å²) in [4.78, 5) is 6.48. The molecule has 0 saturated carbocycles. The molecule has 4 heteroatoms. The monoisotopic (exact) mass is 193 g/mol. The largest absolute Gasteiger partial charge is 0.480 e. The van der Waals surface area contributed by atoms with E-state index in [0.29, 0.717) is 0 Å². The van der Waals surface area contributed by atoms with Crippen LogP contribution in [-0.4, -0.2) is 38.3 Å². The van der Waals surface area contributed by atoms with Crippen molar-refractivity contribution in [1.29, 1.82) is 0 Å². The third-order valence-electron chi connectivity index (χ3n) is 2.40. The van der Waals surface area contributed by atoms with Gasteiger partial charge < -0.3 is 15.0 Å². The average molecular weight is 193 g/mol. The van der Waals surface area contributed by atoms with Gasteiger partial charge in [0.25, 0.3) is 0 Å². The number of aromatic nitrogens is 1. The number of rotatable bonds is 2. The number of anilines is 1. The Balaban J connectivity index is 2.20. The van der Waals surface area contributed by atoms with Crippen molar-refractivity contribution in [1.82, 2.24) is 10.3 Å². The van der Waals surface area contributed by atoms with Gasteiger partial charge in [0.1, 0.15) is 0 Å². The summed E-state index contributed by atoms with van der Waals surface area (Å²) in [7, 11) is 1.66. The number of piperazine rings is 1. The van der Waals surface area contributed by atoms with E-state index < -0.39 is 0 Å². The number of ether oxygens (including phenoxy) is 1. The molecule has 0 unspecified atom stereocenters. The molecule has 1 aromatic rings. The van der Waals surface area contributed by atoms with Crippen molar-refractivity contribution in [2.45, 2.75) is 0 Å². The molecule has 1 saturated heterocycles. The van der Waals surface area contributed by atoms with Crippen LogP contribution in [0.2, 0.25) is 0 Å². The lowest BCUT2D eigenvalue weighted by Gasteiger charge is -2.29. The smallest absolute Gasteiger partial charge is 0.237 e. The summed E-state index contributed by atoms with van der Waals surface area (Å²) in [5, 5.41) is 3.32. The van der Waals surface area contributed by atoms with E-state index in [4.69, 9.17) is 4.74 Å². The van der Waals surface area contributed by atoms with Crippen LogP contribution in [0.3, 0.4) is 0 Å². The van der Waals surface area contributed by atoms with Crippen molar-refractivity contribution < 1.29 is 4.74 Å². The Morgan fingerprint density at radius 1 is 1.43 bits per heavy atom. The second kappa shape index (κ2) is 4.28. The van der Waals surface area contributed by atoms with E-state index in [-0.39, 0.29) is 0 Å². The van der Waals surface area contributed by atoms with Crippen molar-refractivity contribution in [2.24, 2.45) is 0 Å². The summed E-state index contributed by atoms with van der Waals surface area (Å²) in [5.41, 5.74) is 1.09. The molecule has 2 rings (SSSR count). The zero-order valence-electron chi connectivity index (χ0n) is 8.36. The lowest BCUT2D eigenvalue weighted by atomic mass is 10.3. The molecule has 0 bridgehead atoms. The Hall–Kier alpha value is -1.29. The normalized spacial score (nSPS) is 16.8. The van der Waals surface area contributed by atoms with Crippen molar-refractivity contribution in [2.75, 3.05) is 38.2 Å². The molecule has 1 aliphatic rings. The minimum atomic E-state index is 0.717. The quantitative estimate of drug-likeness (QED) is 0.742. The van der Waals surface area contributed by atoms with Crippen LogP contribution < -0.4 is 15.0 Å². The van der Waals surface area contributed by atoms with Crippen molar-refractivity contribution in [3.8, 4) is 5.88 Å². The van der Waals surface area contributed by atoms with E-state index in [1.165, 1.54) is 0 Å². The Bertz CT molecular complexity index is 297. The number of nitrogens with zero attached hydrogens (tertiary/aromatic N) is 2. The predicted octanol–water partition coefficient (Wildman–Crippen LogP) is 0.500. The molecule has 0 spiro atoms. The van der Waals surface area contributed by atoms with Gasteiger partial charge in [-0.05, 0) is 12.1 Å². The van der Waals surface area contributed by atoms with E-state index in [1.54, 1.807) is 13.3 Å². The van der Waals surface area contributed by atoms with E-state index in [0.717, 1.165) is 37.7 Å². The van der Waals surface area contributed by atoms with E-state index in [9.17, 15) is 0 Å². The Kier molecular flexibility index (Phi) is 2.84. The van der Waals surface area contributed by atoms with Crippen molar-refractivity contribution in [3.05, 3.63) is 18.3 Å². The number of pyridine rings is 1. The van der Waals surface area contributed by atoms with Crippen molar-refractivity contribution >= 4 is 5.69 Å². The van der Waals surface area contributed by atoms with Gasteiger partial charge in [-0.15, -0.1) is 0 Å². The second-order valence-corrected chi connectivity index (χ2v) is 3.27. The first-order valence-electron chi connectivity index (χ1n) is 4.86. The summed E-state index contributed by atoms with van der Waals surface area (Å²) >= 11 is 0. The first kappa shape index (κ1) is 9.27. The molecule has 2 heterocycles. The van der Waals surface area contributed by atoms with Gasteiger partial charge in [0.05, 0.1) is 12.8 Å². The summed E-state index contributed by atoms with van der Waals surface area (Å²) in [6, 6.07) is 4.00. The number of hydrogen-bond acceptors (Lipinski definition) is 4. The molecule has 0 radical (unpaired) electrons. The molecule has 0 aliphatic carbocycles. The van der Waals surface area contributed by atoms with Crippen LogP contribution in [0.25, 0.3) is 0 Å². The molecule has 14 heavy (non-hydrogen) atoms. The number of methoxy groups -OCH3 is 1. The van der Waals surface area contributed by atoms with Gasteiger partial charge >= 0.3 is 0 Å². The molecule has 1 N–H and O–H groups in total. The van der Waals surface area contributed by atoms with Crippen LogP contribution in [0.1, 0.15) is 0 Å². The fourth-order valence-corrected chi connectivity index (χ4v) is 1.69. The lowest BCUT2D eigenvalue weighted by Crippen LogP contribution is -2.43. The minimum Gasteiger partial charge on any atom is -0.480 e. The molecule has 1 aromatic heterocycles. The van der Waals surface area contributed by atoms with Gasteiger partial charge in [-0.25, -0.2) is 4.98 Å². The summed E-state index contributed by atoms with van der Waals surface area (Å²) in [5.74, 6) is 0.717. The molecule has 0 aromatic carbocycles. The fourth-order valence-electron chi connectivity index (χ4n) is 1.69. The molecule has 4 nitrogen and oxygen atoms in total. The molecular formula is C10H15N3O. The zero-order chi connectivity index (χ0) is 9.80. The van der Waals surface area contributed by atoms with Crippen LogP contribution in [0, 0.1) is 0 Å². The molecular weight excluding hydrogens is 178 g/mol. The van der Waals surface area contributed by atoms with Crippen LogP contribution in [0.5, 0.6) is 5.88 Å².